The summed E-state index contributed by atoms with van der Waals surface area (Å²) in [5, 5.41) is 1.69. The summed E-state index contributed by atoms with van der Waals surface area (Å²) in [6, 6.07) is 14.9. The highest BCUT2D eigenvalue weighted by molar-refractivity contribution is 9.09. The third-order valence-corrected chi connectivity index (χ3v) is 4.94. The number of thioether (sulfide) groups is 1. The van der Waals surface area contributed by atoms with Crippen LogP contribution in [0.15, 0.2) is 48.5 Å². The maximum Gasteiger partial charge on any atom is 0.193 e. The van der Waals surface area contributed by atoms with Gasteiger partial charge < -0.3 is 0 Å². The van der Waals surface area contributed by atoms with Crippen LogP contribution in [-0.2, 0) is 5.75 Å². The maximum atomic E-state index is 12.3. The Hall–Kier alpha value is -0.770. The first-order chi connectivity index (χ1) is 10.2. The van der Waals surface area contributed by atoms with Gasteiger partial charge in [0, 0.05) is 27.2 Å². The van der Waals surface area contributed by atoms with Crippen LogP contribution >= 0.6 is 39.3 Å². The first-order valence-electron chi connectivity index (χ1n) is 6.73. The fourth-order valence-electron chi connectivity index (χ4n) is 1.87. The van der Waals surface area contributed by atoms with Crippen molar-refractivity contribution in [1.29, 1.82) is 0 Å². The molecule has 0 heterocycles. The molecule has 0 amide bonds. The Morgan fingerprint density at radius 1 is 1.00 bits per heavy atom. The van der Waals surface area contributed by atoms with Gasteiger partial charge in [-0.3, -0.25) is 4.79 Å². The van der Waals surface area contributed by atoms with E-state index in [0.717, 1.165) is 16.8 Å². The van der Waals surface area contributed by atoms with Gasteiger partial charge in [-0.05, 0) is 42.0 Å². The summed E-state index contributed by atoms with van der Waals surface area (Å²) in [7, 11) is 0. The molecule has 0 saturated heterocycles. The highest BCUT2D eigenvalue weighted by atomic mass is 79.9. The molecule has 0 bridgehead atoms. The third kappa shape index (κ3) is 5.17. The van der Waals surface area contributed by atoms with Crippen LogP contribution in [0.2, 0.25) is 5.02 Å². The summed E-state index contributed by atoms with van der Waals surface area (Å²) < 4.78 is 0. The van der Waals surface area contributed by atoms with E-state index in [0.29, 0.717) is 16.1 Å². The number of carbonyl (C=O) groups excluding carboxylic acids is 1. The molecule has 2 aromatic carbocycles. The van der Waals surface area contributed by atoms with Gasteiger partial charge in [-0.1, -0.05) is 51.8 Å². The highest BCUT2D eigenvalue weighted by Gasteiger charge is 2.08. The monoisotopic (exact) mass is 382 g/mol. The molecule has 2 aromatic rings. The minimum Gasteiger partial charge on any atom is -0.289 e. The molecule has 0 unspecified atom stereocenters. The molecule has 2 rings (SSSR count). The Labute approximate surface area is 143 Å². The lowest BCUT2D eigenvalue weighted by Gasteiger charge is -2.04. The van der Waals surface area contributed by atoms with Crippen LogP contribution in [-0.4, -0.2) is 16.9 Å². The Bertz CT molecular complexity index is 581. The van der Waals surface area contributed by atoms with Gasteiger partial charge in [-0.2, -0.15) is 11.8 Å². The quantitative estimate of drug-likeness (QED) is 0.352. The van der Waals surface area contributed by atoms with Crippen molar-refractivity contribution in [1.82, 2.24) is 0 Å². The van der Waals surface area contributed by atoms with Gasteiger partial charge >= 0.3 is 0 Å². The van der Waals surface area contributed by atoms with Crippen LogP contribution in [0.1, 0.15) is 27.9 Å². The van der Waals surface area contributed by atoms with Crippen molar-refractivity contribution in [3.63, 3.8) is 0 Å². The molecule has 21 heavy (non-hydrogen) atoms. The number of halogens is 2. The first-order valence-corrected chi connectivity index (χ1v) is 9.39. The highest BCUT2D eigenvalue weighted by Crippen LogP contribution is 2.17. The molecule has 0 aliphatic heterocycles. The standard InChI is InChI=1S/C17H16BrClOS/c18-10-1-11-21-12-13-2-4-14(5-3-13)17(20)15-6-8-16(19)9-7-15/h2-9H,1,10-12H2. The van der Waals surface area contributed by atoms with Gasteiger partial charge in [0.05, 0.1) is 0 Å². The van der Waals surface area contributed by atoms with E-state index in [4.69, 9.17) is 11.6 Å². The van der Waals surface area contributed by atoms with Crippen molar-refractivity contribution in [2.45, 2.75) is 12.2 Å². The predicted octanol–water partition coefficient (Wildman–Crippen LogP) is 5.59. The number of hydrogen-bond acceptors (Lipinski definition) is 2. The lowest BCUT2D eigenvalue weighted by Crippen LogP contribution is -2.01. The average Bonchev–Trinajstić information content (AvgIpc) is 2.52. The zero-order valence-electron chi connectivity index (χ0n) is 11.5. The van der Waals surface area contributed by atoms with Crippen LogP contribution in [0, 0.1) is 0 Å². The zero-order chi connectivity index (χ0) is 15.1. The van der Waals surface area contributed by atoms with E-state index in [-0.39, 0.29) is 5.78 Å². The first kappa shape index (κ1) is 16.6. The van der Waals surface area contributed by atoms with Gasteiger partial charge in [0.2, 0.25) is 0 Å². The lowest BCUT2D eigenvalue weighted by atomic mass is 10.0. The number of ketones is 1. The minimum absolute atomic E-state index is 0.0326. The largest absolute Gasteiger partial charge is 0.289 e. The second-order valence-corrected chi connectivity index (χ2v) is 6.96. The molecule has 1 nitrogen and oxygen atoms in total. The molecule has 0 saturated carbocycles. The Morgan fingerprint density at radius 2 is 1.57 bits per heavy atom. The topological polar surface area (TPSA) is 17.1 Å². The molecule has 0 atom stereocenters. The van der Waals surface area contributed by atoms with E-state index in [1.54, 1.807) is 24.3 Å². The second-order valence-electron chi connectivity index (χ2n) is 4.63. The van der Waals surface area contributed by atoms with Crippen molar-refractivity contribution in [3.05, 3.63) is 70.2 Å². The molecule has 0 aliphatic rings. The van der Waals surface area contributed by atoms with Crippen LogP contribution in [0.5, 0.6) is 0 Å². The van der Waals surface area contributed by atoms with Gasteiger partial charge in [0.1, 0.15) is 0 Å². The zero-order valence-corrected chi connectivity index (χ0v) is 14.7. The number of benzene rings is 2. The van der Waals surface area contributed by atoms with E-state index in [2.05, 4.69) is 15.9 Å². The molecule has 0 N–H and O–H groups in total. The van der Waals surface area contributed by atoms with Crippen LogP contribution in [0.3, 0.4) is 0 Å². The minimum atomic E-state index is 0.0326. The molecular weight excluding hydrogens is 368 g/mol. The van der Waals surface area contributed by atoms with Gasteiger partial charge in [0.15, 0.2) is 5.78 Å². The van der Waals surface area contributed by atoms with Gasteiger partial charge in [-0.25, -0.2) is 0 Å². The van der Waals surface area contributed by atoms with Crippen LogP contribution in [0.4, 0.5) is 0 Å². The van der Waals surface area contributed by atoms with E-state index >= 15 is 0 Å². The third-order valence-electron chi connectivity index (χ3n) is 3.01. The average molecular weight is 384 g/mol. The number of hydrogen-bond donors (Lipinski definition) is 0. The van der Waals surface area contributed by atoms with E-state index in [9.17, 15) is 4.79 Å². The van der Waals surface area contributed by atoms with Gasteiger partial charge in [0.25, 0.3) is 0 Å². The van der Waals surface area contributed by atoms with E-state index < -0.39 is 0 Å². The second kappa shape index (κ2) is 8.62. The van der Waals surface area contributed by atoms with Crippen LogP contribution < -0.4 is 0 Å². The molecular formula is C17H16BrClOS. The molecule has 0 aromatic heterocycles. The van der Waals surface area contributed by atoms with E-state index in [1.807, 2.05) is 36.0 Å². The summed E-state index contributed by atoms with van der Waals surface area (Å²) in [4.78, 5) is 12.3. The van der Waals surface area contributed by atoms with Crippen molar-refractivity contribution in [2.24, 2.45) is 0 Å². The van der Waals surface area contributed by atoms with E-state index in [1.165, 1.54) is 12.0 Å². The Kier molecular flexibility index (Phi) is 6.81. The molecule has 0 spiro atoms. The van der Waals surface area contributed by atoms with Crippen molar-refractivity contribution < 1.29 is 4.79 Å². The molecule has 0 radical (unpaired) electrons. The Balaban J connectivity index is 1.98. The van der Waals surface area contributed by atoms with Crippen molar-refractivity contribution >= 4 is 45.1 Å². The summed E-state index contributed by atoms with van der Waals surface area (Å²) in [6.45, 7) is 0. The molecule has 110 valence electrons. The number of alkyl halides is 1. The normalized spacial score (nSPS) is 10.6. The smallest absolute Gasteiger partial charge is 0.193 e. The molecule has 4 heteroatoms. The summed E-state index contributed by atoms with van der Waals surface area (Å²) in [5.41, 5.74) is 2.63. The fourth-order valence-corrected chi connectivity index (χ4v) is 3.57. The molecule has 0 aliphatic carbocycles. The summed E-state index contributed by atoms with van der Waals surface area (Å²) in [6.07, 6.45) is 1.18. The van der Waals surface area contributed by atoms with Gasteiger partial charge in [-0.15, -0.1) is 0 Å². The van der Waals surface area contributed by atoms with Crippen LogP contribution in [0.25, 0.3) is 0 Å². The Morgan fingerprint density at radius 3 is 2.14 bits per heavy atom. The summed E-state index contributed by atoms with van der Waals surface area (Å²) in [5.74, 6) is 2.17. The maximum absolute atomic E-state index is 12.3. The molecule has 0 fully saturated rings. The number of rotatable bonds is 7. The lowest BCUT2D eigenvalue weighted by molar-refractivity contribution is 0.103. The fraction of sp³-hybridized carbons (Fsp3) is 0.235. The van der Waals surface area contributed by atoms with Crippen molar-refractivity contribution in [3.8, 4) is 0 Å². The van der Waals surface area contributed by atoms with Crippen molar-refractivity contribution in [2.75, 3.05) is 11.1 Å². The SMILES string of the molecule is O=C(c1ccc(Cl)cc1)c1ccc(CSCCCBr)cc1. The predicted molar refractivity (Wildman–Crippen MR) is 95.9 cm³/mol. The summed E-state index contributed by atoms with van der Waals surface area (Å²) >= 11 is 11.2. The number of carbonyl (C=O) groups is 1.